The number of benzene rings is 1. The minimum absolute atomic E-state index is 0.287. The second-order valence-corrected chi connectivity index (χ2v) is 4.23. The number of aromatic amines is 1. The van der Waals surface area contributed by atoms with Crippen molar-refractivity contribution in [1.82, 2.24) is 19.7 Å². The van der Waals surface area contributed by atoms with Crippen LogP contribution in [-0.4, -0.2) is 19.7 Å². The summed E-state index contributed by atoms with van der Waals surface area (Å²) < 4.78 is 20.3. The summed E-state index contributed by atoms with van der Waals surface area (Å²) in [7, 11) is 0. The van der Waals surface area contributed by atoms with E-state index >= 15 is 0 Å². The number of hydrogen-bond donors (Lipinski definition) is 1. The Bertz CT molecular complexity index is 731. The minimum Gasteiger partial charge on any atom is -0.343 e. The largest absolute Gasteiger partial charge is 0.343 e. The molecular weight excluding hydrogens is 255 g/mol. The molecule has 18 heavy (non-hydrogen) atoms. The number of hydrogen-bond acceptors (Lipinski definition) is 4. The lowest BCUT2D eigenvalue weighted by atomic mass is 10.3. The van der Waals surface area contributed by atoms with Crippen molar-refractivity contribution < 1.29 is 8.91 Å². The zero-order chi connectivity index (χ0) is 12.5. The Morgan fingerprint density at radius 1 is 1.44 bits per heavy atom. The van der Waals surface area contributed by atoms with Gasteiger partial charge in [-0.1, -0.05) is 5.16 Å². The third kappa shape index (κ3) is 1.92. The van der Waals surface area contributed by atoms with Gasteiger partial charge in [-0.25, -0.2) is 4.39 Å². The SMILES string of the molecule is Fc1ccc2[nH]c(=S)n(CCc3ncon3)c2c1. The normalized spacial score (nSPS) is 11.2. The molecule has 0 atom stereocenters. The molecule has 0 aliphatic carbocycles. The van der Waals surface area contributed by atoms with Crippen LogP contribution < -0.4 is 0 Å². The van der Waals surface area contributed by atoms with Gasteiger partial charge >= 0.3 is 0 Å². The number of fused-ring (bicyclic) bond motifs is 1. The summed E-state index contributed by atoms with van der Waals surface area (Å²) in [5.74, 6) is 0.312. The highest BCUT2D eigenvalue weighted by molar-refractivity contribution is 7.71. The molecule has 2 heterocycles. The van der Waals surface area contributed by atoms with Gasteiger partial charge in [-0.3, -0.25) is 0 Å². The van der Waals surface area contributed by atoms with Crippen LogP contribution in [0.5, 0.6) is 0 Å². The molecule has 1 aromatic carbocycles. The Morgan fingerprint density at radius 3 is 3.11 bits per heavy atom. The fourth-order valence-electron chi connectivity index (χ4n) is 1.86. The lowest BCUT2D eigenvalue weighted by molar-refractivity contribution is 0.408. The maximum absolute atomic E-state index is 13.2. The van der Waals surface area contributed by atoms with Crippen LogP contribution in [0.25, 0.3) is 11.0 Å². The van der Waals surface area contributed by atoms with E-state index in [9.17, 15) is 4.39 Å². The van der Waals surface area contributed by atoms with Crippen molar-refractivity contribution in [2.45, 2.75) is 13.0 Å². The third-order valence-corrected chi connectivity index (χ3v) is 3.03. The van der Waals surface area contributed by atoms with Gasteiger partial charge in [-0.2, -0.15) is 4.98 Å². The Morgan fingerprint density at radius 2 is 2.33 bits per heavy atom. The van der Waals surface area contributed by atoms with Crippen LogP contribution in [0.2, 0.25) is 0 Å². The molecule has 3 aromatic rings. The minimum atomic E-state index is -0.287. The molecule has 0 radical (unpaired) electrons. The van der Waals surface area contributed by atoms with Gasteiger partial charge in [0.05, 0.1) is 11.0 Å². The van der Waals surface area contributed by atoms with Gasteiger partial charge in [0.15, 0.2) is 10.6 Å². The van der Waals surface area contributed by atoms with Gasteiger partial charge < -0.3 is 14.1 Å². The van der Waals surface area contributed by atoms with Gasteiger partial charge in [0.25, 0.3) is 0 Å². The molecule has 92 valence electrons. The first-order chi connectivity index (χ1) is 8.74. The zero-order valence-corrected chi connectivity index (χ0v) is 10.1. The number of nitrogens with zero attached hydrogens (tertiary/aromatic N) is 3. The summed E-state index contributed by atoms with van der Waals surface area (Å²) in [6, 6.07) is 4.53. The number of imidazole rings is 1. The van der Waals surface area contributed by atoms with Gasteiger partial charge in [-0.15, -0.1) is 0 Å². The summed E-state index contributed by atoms with van der Waals surface area (Å²) >= 11 is 5.21. The lowest BCUT2D eigenvalue weighted by Crippen LogP contribution is -2.02. The fourth-order valence-corrected chi connectivity index (χ4v) is 2.16. The highest BCUT2D eigenvalue weighted by Gasteiger charge is 2.07. The number of rotatable bonds is 3. The summed E-state index contributed by atoms with van der Waals surface area (Å²) in [5.41, 5.74) is 1.55. The maximum atomic E-state index is 13.2. The summed E-state index contributed by atoms with van der Waals surface area (Å²) in [6.07, 6.45) is 1.86. The first-order valence-electron chi connectivity index (χ1n) is 5.37. The van der Waals surface area contributed by atoms with Crippen molar-refractivity contribution in [3.63, 3.8) is 0 Å². The standard InChI is InChI=1S/C11H9FN4OS/c12-7-1-2-8-9(5-7)16(11(18)14-8)4-3-10-13-6-17-15-10/h1-2,5-6H,3-4H2,(H,14,18). The topological polar surface area (TPSA) is 59.6 Å². The Balaban J connectivity index is 1.98. The van der Waals surface area contributed by atoms with E-state index in [0.717, 1.165) is 11.0 Å². The Kier molecular flexibility index (Phi) is 2.67. The van der Waals surface area contributed by atoms with Crippen molar-refractivity contribution in [2.75, 3.05) is 0 Å². The van der Waals surface area contributed by atoms with Gasteiger partial charge in [-0.05, 0) is 30.4 Å². The molecule has 5 nitrogen and oxygen atoms in total. The molecule has 0 unspecified atom stereocenters. The van der Waals surface area contributed by atoms with Crippen molar-refractivity contribution in [3.8, 4) is 0 Å². The highest BCUT2D eigenvalue weighted by Crippen LogP contribution is 2.16. The molecule has 0 bridgehead atoms. The molecule has 0 amide bonds. The van der Waals surface area contributed by atoms with Crippen LogP contribution >= 0.6 is 12.2 Å². The number of halogens is 1. The second kappa shape index (κ2) is 4.34. The van der Waals surface area contributed by atoms with E-state index in [-0.39, 0.29) is 5.82 Å². The summed E-state index contributed by atoms with van der Waals surface area (Å²) in [5, 5.41) is 3.73. The lowest BCUT2D eigenvalue weighted by Gasteiger charge is -2.01. The van der Waals surface area contributed by atoms with Crippen LogP contribution in [0.15, 0.2) is 29.1 Å². The first kappa shape index (κ1) is 11.1. The van der Waals surface area contributed by atoms with Crippen LogP contribution in [0.4, 0.5) is 4.39 Å². The molecule has 0 saturated heterocycles. The quantitative estimate of drug-likeness (QED) is 0.738. The average Bonchev–Trinajstić information content (AvgIpc) is 2.94. The zero-order valence-electron chi connectivity index (χ0n) is 9.26. The molecule has 1 N–H and O–H groups in total. The molecule has 0 aliphatic heterocycles. The Hall–Kier alpha value is -2.02. The maximum Gasteiger partial charge on any atom is 0.213 e. The predicted molar refractivity (Wildman–Crippen MR) is 65.1 cm³/mol. The van der Waals surface area contributed by atoms with Crippen molar-refractivity contribution >= 4 is 23.3 Å². The summed E-state index contributed by atoms with van der Waals surface area (Å²) in [4.78, 5) is 6.96. The molecule has 0 spiro atoms. The van der Waals surface area contributed by atoms with E-state index in [0.29, 0.717) is 23.6 Å². The molecule has 3 rings (SSSR count). The molecular formula is C11H9FN4OS. The van der Waals surface area contributed by atoms with Crippen molar-refractivity contribution in [1.29, 1.82) is 0 Å². The van der Waals surface area contributed by atoms with Crippen LogP contribution in [0, 0.1) is 10.6 Å². The van der Waals surface area contributed by atoms with Gasteiger partial charge in [0.1, 0.15) is 5.82 Å². The predicted octanol–water partition coefficient (Wildman–Crippen LogP) is 2.46. The van der Waals surface area contributed by atoms with E-state index in [1.54, 1.807) is 6.07 Å². The fraction of sp³-hybridized carbons (Fsp3) is 0.182. The monoisotopic (exact) mass is 264 g/mol. The van der Waals surface area contributed by atoms with Crippen LogP contribution in [0.3, 0.4) is 0 Å². The van der Waals surface area contributed by atoms with Crippen LogP contribution in [-0.2, 0) is 13.0 Å². The second-order valence-electron chi connectivity index (χ2n) is 3.84. The van der Waals surface area contributed by atoms with Crippen molar-refractivity contribution in [3.05, 3.63) is 41.0 Å². The van der Waals surface area contributed by atoms with E-state index < -0.39 is 0 Å². The van der Waals surface area contributed by atoms with Gasteiger partial charge in [0, 0.05) is 13.0 Å². The van der Waals surface area contributed by atoms with E-state index in [1.165, 1.54) is 18.5 Å². The molecule has 0 fully saturated rings. The van der Waals surface area contributed by atoms with Gasteiger partial charge in [0.2, 0.25) is 6.39 Å². The van der Waals surface area contributed by atoms with E-state index in [2.05, 4.69) is 19.6 Å². The average molecular weight is 264 g/mol. The molecule has 0 saturated carbocycles. The van der Waals surface area contributed by atoms with Crippen LogP contribution in [0.1, 0.15) is 5.82 Å². The first-order valence-corrected chi connectivity index (χ1v) is 5.78. The Labute approximate surface area is 106 Å². The van der Waals surface area contributed by atoms with Crippen molar-refractivity contribution in [2.24, 2.45) is 0 Å². The number of nitrogens with one attached hydrogen (secondary N) is 1. The van der Waals surface area contributed by atoms with E-state index in [1.807, 2.05) is 4.57 Å². The molecule has 2 aromatic heterocycles. The smallest absolute Gasteiger partial charge is 0.213 e. The molecule has 7 heteroatoms. The van der Waals surface area contributed by atoms with E-state index in [4.69, 9.17) is 12.2 Å². The summed E-state index contributed by atoms with van der Waals surface area (Å²) in [6.45, 7) is 0.571. The number of H-pyrrole nitrogens is 1. The number of aryl methyl sites for hydroxylation is 2. The molecule has 0 aliphatic rings. The third-order valence-electron chi connectivity index (χ3n) is 2.70. The number of aromatic nitrogens is 4. The highest BCUT2D eigenvalue weighted by atomic mass is 32.1.